The number of hydrogen-bond donors (Lipinski definition) is 2. The maximum atomic E-state index is 11.7. The summed E-state index contributed by atoms with van der Waals surface area (Å²) in [5.74, 6) is 1.53. The molecule has 0 unspecified atom stereocenters. The fraction of sp³-hybridized carbons (Fsp3) is 0.316. The molecule has 0 aliphatic rings. The molecule has 128 valence electrons. The van der Waals surface area contributed by atoms with Crippen LogP contribution in [0.3, 0.4) is 0 Å². The molecule has 2 aromatic carbocycles. The Morgan fingerprint density at radius 3 is 2.42 bits per heavy atom. The van der Waals surface area contributed by atoms with Crippen LogP contribution >= 0.6 is 0 Å². The van der Waals surface area contributed by atoms with Crippen molar-refractivity contribution < 1.29 is 14.3 Å². The molecule has 5 nitrogen and oxygen atoms in total. The van der Waals surface area contributed by atoms with Crippen molar-refractivity contribution in [2.45, 2.75) is 13.3 Å². The topological polar surface area (TPSA) is 59.6 Å². The Bertz CT molecular complexity index is 641. The van der Waals surface area contributed by atoms with Crippen molar-refractivity contribution in [2.24, 2.45) is 0 Å². The van der Waals surface area contributed by atoms with Crippen LogP contribution in [0.1, 0.15) is 11.1 Å². The van der Waals surface area contributed by atoms with Gasteiger partial charge in [0.2, 0.25) is 0 Å². The van der Waals surface area contributed by atoms with E-state index in [-0.39, 0.29) is 6.03 Å². The first-order chi connectivity index (χ1) is 11.7. The summed E-state index contributed by atoms with van der Waals surface area (Å²) >= 11 is 0. The lowest BCUT2D eigenvalue weighted by Crippen LogP contribution is -2.38. The van der Waals surface area contributed by atoms with Gasteiger partial charge in [-0.3, -0.25) is 0 Å². The molecule has 0 fully saturated rings. The van der Waals surface area contributed by atoms with Crippen molar-refractivity contribution in [1.29, 1.82) is 0 Å². The molecule has 24 heavy (non-hydrogen) atoms. The average molecular weight is 328 g/mol. The van der Waals surface area contributed by atoms with E-state index in [0.717, 1.165) is 17.9 Å². The summed E-state index contributed by atoms with van der Waals surface area (Å²) in [6.45, 7) is 3.53. The first-order valence-corrected chi connectivity index (χ1v) is 8.01. The first kappa shape index (κ1) is 17.7. The smallest absolute Gasteiger partial charge is 0.314 e. The van der Waals surface area contributed by atoms with Crippen LogP contribution in [0.5, 0.6) is 11.5 Å². The lowest BCUT2D eigenvalue weighted by atomic mass is 10.1. The summed E-state index contributed by atoms with van der Waals surface area (Å²) in [5, 5.41) is 5.62. The minimum absolute atomic E-state index is 0.180. The van der Waals surface area contributed by atoms with Gasteiger partial charge < -0.3 is 20.1 Å². The predicted molar refractivity (Wildman–Crippen MR) is 94.8 cm³/mol. The van der Waals surface area contributed by atoms with Crippen LogP contribution in [-0.2, 0) is 6.42 Å². The zero-order chi connectivity index (χ0) is 17.2. The second kappa shape index (κ2) is 9.45. The fourth-order valence-electron chi connectivity index (χ4n) is 2.26. The van der Waals surface area contributed by atoms with Gasteiger partial charge in [-0.25, -0.2) is 4.79 Å². The first-order valence-electron chi connectivity index (χ1n) is 8.01. The Hall–Kier alpha value is -2.69. The van der Waals surface area contributed by atoms with Crippen LogP contribution in [0.4, 0.5) is 4.79 Å². The van der Waals surface area contributed by atoms with Crippen LogP contribution in [0.15, 0.2) is 48.5 Å². The molecule has 2 N–H and O–H groups in total. The Morgan fingerprint density at radius 1 is 1.00 bits per heavy atom. The van der Waals surface area contributed by atoms with E-state index >= 15 is 0 Å². The normalized spacial score (nSPS) is 10.1. The third-order valence-electron chi connectivity index (χ3n) is 3.50. The van der Waals surface area contributed by atoms with E-state index < -0.39 is 0 Å². The van der Waals surface area contributed by atoms with Gasteiger partial charge in [-0.05, 0) is 43.2 Å². The maximum absolute atomic E-state index is 11.7. The largest absolute Gasteiger partial charge is 0.497 e. The molecule has 0 aliphatic heterocycles. The Kier molecular flexibility index (Phi) is 6.95. The number of nitrogens with one attached hydrogen (secondary N) is 2. The van der Waals surface area contributed by atoms with Gasteiger partial charge in [-0.15, -0.1) is 0 Å². The molecule has 2 rings (SSSR count). The van der Waals surface area contributed by atoms with E-state index in [4.69, 9.17) is 9.47 Å². The van der Waals surface area contributed by atoms with Gasteiger partial charge in [0.25, 0.3) is 0 Å². The molecule has 0 bridgehead atoms. The minimum Gasteiger partial charge on any atom is -0.497 e. The van der Waals surface area contributed by atoms with Crippen molar-refractivity contribution >= 4 is 6.03 Å². The lowest BCUT2D eigenvalue weighted by Gasteiger charge is -2.09. The van der Waals surface area contributed by atoms with E-state index in [2.05, 4.69) is 35.8 Å². The number of urea groups is 1. The molecule has 0 saturated carbocycles. The van der Waals surface area contributed by atoms with E-state index in [0.29, 0.717) is 19.7 Å². The third kappa shape index (κ3) is 6.20. The van der Waals surface area contributed by atoms with Gasteiger partial charge in [0.05, 0.1) is 13.7 Å². The van der Waals surface area contributed by atoms with Crippen LogP contribution in [0, 0.1) is 6.92 Å². The summed E-state index contributed by atoms with van der Waals surface area (Å²) < 4.78 is 10.6. The number of aryl methyl sites for hydroxylation is 1. The molecule has 2 amide bonds. The number of amides is 2. The van der Waals surface area contributed by atoms with Crippen LogP contribution in [-0.4, -0.2) is 32.8 Å². The van der Waals surface area contributed by atoms with Crippen molar-refractivity contribution in [3.63, 3.8) is 0 Å². The zero-order valence-electron chi connectivity index (χ0n) is 14.2. The molecule has 0 spiro atoms. The summed E-state index contributed by atoms with van der Waals surface area (Å²) in [6, 6.07) is 15.4. The molecular weight excluding hydrogens is 304 g/mol. The van der Waals surface area contributed by atoms with E-state index in [9.17, 15) is 4.79 Å². The van der Waals surface area contributed by atoms with E-state index in [1.165, 1.54) is 11.1 Å². The van der Waals surface area contributed by atoms with E-state index in [1.807, 2.05) is 30.3 Å². The molecular formula is C19H24N2O3. The van der Waals surface area contributed by atoms with Crippen LogP contribution in [0.2, 0.25) is 0 Å². The zero-order valence-corrected chi connectivity index (χ0v) is 14.2. The lowest BCUT2D eigenvalue weighted by molar-refractivity contribution is 0.236. The SMILES string of the molecule is COc1ccc(OCCNC(=O)NCCc2cccc(C)c2)cc1. The second-order valence-electron chi connectivity index (χ2n) is 5.45. The second-order valence-corrected chi connectivity index (χ2v) is 5.45. The van der Waals surface area contributed by atoms with Gasteiger partial charge in [0.1, 0.15) is 18.1 Å². The predicted octanol–water partition coefficient (Wildman–Crippen LogP) is 2.92. The standard InChI is InChI=1S/C19H24N2O3/c1-15-4-3-5-16(14-15)10-11-20-19(22)21-12-13-24-18-8-6-17(23-2)7-9-18/h3-9,14H,10-13H2,1-2H3,(H2,20,21,22). The summed E-state index contributed by atoms with van der Waals surface area (Å²) in [6.07, 6.45) is 0.817. The number of hydrogen-bond acceptors (Lipinski definition) is 3. The van der Waals surface area contributed by atoms with Crippen molar-refractivity contribution in [1.82, 2.24) is 10.6 Å². The van der Waals surface area contributed by atoms with Gasteiger partial charge in [0, 0.05) is 6.54 Å². The van der Waals surface area contributed by atoms with Gasteiger partial charge in [-0.2, -0.15) is 0 Å². The molecule has 0 aliphatic carbocycles. The number of carbonyl (C=O) groups is 1. The molecule has 2 aromatic rings. The van der Waals surface area contributed by atoms with Crippen molar-refractivity contribution in [2.75, 3.05) is 26.8 Å². The minimum atomic E-state index is -0.180. The highest BCUT2D eigenvalue weighted by Gasteiger charge is 2.00. The van der Waals surface area contributed by atoms with Crippen LogP contribution in [0.25, 0.3) is 0 Å². The van der Waals surface area contributed by atoms with Gasteiger partial charge in [-0.1, -0.05) is 29.8 Å². The average Bonchev–Trinajstić information content (AvgIpc) is 2.59. The molecule has 5 heteroatoms. The number of rotatable bonds is 8. The quantitative estimate of drug-likeness (QED) is 0.733. The van der Waals surface area contributed by atoms with Gasteiger partial charge >= 0.3 is 6.03 Å². The molecule has 0 aromatic heterocycles. The molecule has 0 saturated heterocycles. The monoisotopic (exact) mass is 328 g/mol. The number of carbonyl (C=O) groups excluding carboxylic acids is 1. The Labute approximate surface area is 143 Å². The Balaban J connectivity index is 1.57. The number of ether oxygens (including phenoxy) is 2. The summed E-state index contributed by atoms with van der Waals surface area (Å²) in [4.78, 5) is 11.7. The van der Waals surface area contributed by atoms with Crippen LogP contribution < -0.4 is 20.1 Å². The van der Waals surface area contributed by atoms with Crippen molar-refractivity contribution in [3.8, 4) is 11.5 Å². The molecule has 0 heterocycles. The number of benzene rings is 2. The highest BCUT2D eigenvalue weighted by molar-refractivity contribution is 5.73. The summed E-state index contributed by atoms with van der Waals surface area (Å²) in [7, 11) is 1.62. The maximum Gasteiger partial charge on any atom is 0.314 e. The summed E-state index contributed by atoms with van der Waals surface area (Å²) in [5.41, 5.74) is 2.45. The number of methoxy groups -OCH3 is 1. The molecule has 0 radical (unpaired) electrons. The van der Waals surface area contributed by atoms with E-state index in [1.54, 1.807) is 7.11 Å². The fourth-order valence-corrected chi connectivity index (χ4v) is 2.26. The van der Waals surface area contributed by atoms with Crippen molar-refractivity contribution in [3.05, 3.63) is 59.7 Å². The highest BCUT2D eigenvalue weighted by Crippen LogP contribution is 2.16. The van der Waals surface area contributed by atoms with Gasteiger partial charge in [0.15, 0.2) is 0 Å². The highest BCUT2D eigenvalue weighted by atomic mass is 16.5. The third-order valence-corrected chi connectivity index (χ3v) is 3.50. The Morgan fingerprint density at radius 2 is 1.71 bits per heavy atom. The molecule has 0 atom stereocenters.